The quantitative estimate of drug-likeness (QED) is 0.219. The molecular formula is C32H32N3O5. The van der Waals surface area contributed by atoms with Gasteiger partial charge in [-0.3, -0.25) is 14.4 Å². The number of nitrogens with one attached hydrogen (secondary N) is 1. The summed E-state index contributed by atoms with van der Waals surface area (Å²) in [6.45, 7) is 2.06. The van der Waals surface area contributed by atoms with Gasteiger partial charge in [-0.05, 0) is 48.6 Å². The van der Waals surface area contributed by atoms with E-state index in [1.807, 2.05) is 78.9 Å². The van der Waals surface area contributed by atoms with Crippen molar-refractivity contribution in [2.24, 2.45) is 11.7 Å². The van der Waals surface area contributed by atoms with Crippen LogP contribution < -0.4 is 15.8 Å². The van der Waals surface area contributed by atoms with E-state index in [0.717, 1.165) is 11.1 Å². The van der Waals surface area contributed by atoms with E-state index in [1.165, 1.54) is 12.6 Å². The number of benzene rings is 3. The van der Waals surface area contributed by atoms with Crippen molar-refractivity contribution in [2.75, 3.05) is 0 Å². The maximum Gasteiger partial charge on any atom is 0.227 e. The van der Waals surface area contributed by atoms with Crippen molar-refractivity contribution in [2.45, 2.75) is 38.8 Å². The molecule has 0 aliphatic rings. The molecule has 8 heteroatoms. The summed E-state index contributed by atoms with van der Waals surface area (Å²) in [4.78, 5) is 41.7. The molecule has 0 saturated heterocycles. The molecule has 0 fully saturated rings. The topological polar surface area (TPSA) is 125 Å². The van der Waals surface area contributed by atoms with E-state index in [-0.39, 0.29) is 18.1 Å². The number of primary amides is 1. The van der Waals surface area contributed by atoms with Crippen LogP contribution in [0, 0.1) is 12.3 Å². The van der Waals surface area contributed by atoms with Gasteiger partial charge >= 0.3 is 0 Å². The molecule has 3 aromatic carbocycles. The van der Waals surface area contributed by atoms with Crippen LogP contribution in [0.4, 0.5) is 0 Å². The molecule has 0 spiro atoms. The van der Waals surface area contributed by atoms with Crippen LogP contribution in [0.5, 0.6) is 5.75 Å². The Morgan fingerprint density at radius 2 is 1.68 bits per heavy atom. The number of aromatic nitrogens is 1. The van der Waals surface area contributed by atoms with Crippen LogP contribution in [0.25, 0.3) is 11.5 Å². The van der Waals surface area contributed by atoms with Crippen molar-refractivity contribution in [3.63, 3.8) is 0 Å². The highest BCUT2D eigenvalue weighted by molar-refractivity contribution is 6.00. The molecular weight excluding hydrogens is 506 g/mol. The predicted molar refractivity (Wildman–Crippen MR) is 151 cm³/mol. The first kappa shape index (κ1) is 28.3. The minimum atomic E-state index is -0.853. The second-order valence-electron chi connectivity index (χ2n) is 9.52. The van der Waals surface area contributed by atoms with Gasteiger partial charge in [0, 0.05) is 11.5 Å². The number of ketones is 1. The van der Waals surface area contributed by atoms with Crippen LogP contribution in [0.2, 0.25) is 0 Å². The third-order valence-corrected chi connectivity index (χ3v) is 6.42. The average Bonchev–Trinajstić information content (AvgIpc) is 3.48. The Labute approximate surface area is 233 Å². The van der Waals surface area contributed by atoms with Crippen LogP contribution in [0.1, 0.15) is 41.4 Å². The fourth-order valence-electron chi connectivity index (χ4n) is 4.01. The van der Waals surface area contributed by atoms with Crippen LogP contribution in [-0.2, 0) is 22.6 Å². The maximum absolute atomic E-state index is 13.5. The molecule has 4 aromatic rings. The number of hydrogen-bond acceptors (Lipinski definition) is 6. The second-order valence-corrected chi connectivity index (χ2v) is 9.52. The molecule has 0 aliphatic carbocycles. The summed E-state index contributed by atoms with van der Waals surface area (Å²) in [5, 5.41) is 2.77. The molecule has 205 valence electrons. The van der Waals surface area contributed by atoms with E-state index in [2.05, 4.69) is 10.3 Å². The minimum absolute atomic E-state index is 0.0365. The van der Waals surface area contributed by atoms with E-state index in [0.29, 0.717) is 30.8 Å². The standard InChI is InChI=1S/C32H32N3O5/c1-22(31(33)38)15-18-29(36)35-27(17-16-23-9-4-2-5-10-23)30(37)28-20-34-32(40-28)25-13-8-14-26(19-25)39-21-24-11-6-3-7-12-24/h2-14,18-20,22,27H,15-17,21H2,1H3,(H2,33,38)(H,35,36)/t22?,27-/m0/s1. The Balaban J connectivity index is 1.45. The average molecular weight is 539 g/mol. The summed E-state index contributed by atoms with van der Waals surface area (Å²) in [5.41, 5.74) is 8.02. The summed E-state index contributed by atoms with van der Waals surface area (Å²) in [5.74, 6) is -0.893. The molecule has 3 N–H and O–H groups in total. The van der Waals surface area contributed by atoms with Gasteiger partial charge in [0.1, 0.15) is 12.4 Å². The van der Waals surface area contributed by atoms with Crippen molar-refractivity contribution in [3.8, 4) is 17.2 Å². The van der Waals surface area contributed by atoms with Gasteiger partial charge in [-0.1, -0.05) is 73.7 Å². The fraction of sp³-hybridized carbons (Fsp3) is 0.219. The summed E-state index contributed by atoms with van der Waals surface area (Å²) in [6.07, 6.45) is 3.81. The number of ether oxygens (including phenoxy) is 1. The van der Waals surface area contributed by atoms with Crippen LogP contribution in [-0.4, -0.2) is 28.6 Å². The normalized spacial score (nSPS) is 12.3. The van der Waals surface area contributed by atoms with Crippen molar-refractivity contribution in [1.29, 1.82) is 0 Å². The first-order valence-electron chi connectivity index (χ1n) is 13.1. The van der Waals surface area contributed by atoms with Crippen molar-refractivity contribution >= 4 is 17.6 Å². The van der Waals surface area contributed by atoms with Crippen molar-refractivity contribution in [1.82, 2.24) is 10.3 Å². The van der Waals surface area contributed by atoms with Gasteiger partial charge in [-0.2, -0.15) is 0 Å². The van der Waals surface area contributed by atoms with E-state index in [9.17, 15) is 14.4 Å². The Kier molecular flexibility index (Phi) is 9.83. The van der Waals surface area contributed by atoms with Crippen molar-refractivity contribution in [3.05, 3.63) is 114 Å². The summed E-state index contributed by atoms with van der Waals surface area (Å²) in [7, 11) is 0. The van der Waals surface area contributed by atoms with Crippen LogP contribution in [0.15, 0.2) is 95.5 Å². The lowest BCUT2D eigenvalue weighted by molar-refractivity contribution is -0.121. The molecule has 2 atom stereocenters. The highest BCUT2D eigenvalue weighted by Crippen LogP contribution is 2.25. The number of oxazole rings is 1. The van der Waals surface area contributed by atoms with Gasteiger partial charge in [0.2, 0.25) is 23.5 Å². The summed E-state index contributed by atoms with van der Waals surface area (Å²) < 4.78 is 11.8. The third kappa shape index (κ3) is 8.14. The smallest absolute Gasteiger partial charge is 0.227 e. The lowest BCUT2D eigenvalue weighted by Crippen LogP contribution is -2.41. The van der Waals surface area contributed by atoms with Gasteiger partial charge in [-0.15, -0.1) is 0 Å². The van der Waals surface area contributed by atoms with Gasteiger partial charge in [-0.25, -0.2) is 4.98 Å². The maximum atomic E-state index is 13.5. The SMILES string of the molecule is CC(C[CH]C(=O)N[C@@H](CCc1ccccc1)C(=O)c1cnc(-c2cccc(OCc3ccccc3)c2)o1)C(N)=O. The zero-order valence-corrected chi connectivity index (χ0v) is 22.3. The Morgan fingerprint density at radius 3 is 2.38 bits per heavy atom. The van der Waals surface area contributed by atoms with Crippen LogP contribution >= 0.6 is 0 Å². The summed E-state index contributed by atoms with van der Waals surface area (Å²) in [6, 6.07) is 25.9. The zero-order valence-electron chi connectivity index (χ0n) is 22.3. The van der Waals surface area contributed by atoms with Gasteiger partial charge < -0.3 is 20.2 Å². The Morgan fingerprint density at radius 1 is 0.975 bits per heavy atom. The molecule has 0 aliphatic heterocycles. The van der Waals surface area contributed by atoms with E-state index in [4.69, 9.17) is 14.9 Å². The highest BCUT2D eigenvalue weighted by atomic mass is 16.5. The second kappa shape index (κ2) is 13.9. The molecule has 1 unspecified atom stereocenters. The predicted octanol–water partition coefficient (Wildman–Crippen LogP) is 4.94. The third-order valence-electron chi connectivity index (χ3n) is 6.42. The largest absolute Gasteiger partial charge is 0.489 e. The number of carbonyl (C=O) groups excluding carboxylic acids is 3. The lowest BCUT2D eigenvalue weighted by Gasteiger charge is -2.17. The molecule has 0 bridgehead atoms. The Bertz CT molecular complexity index is 1420. The molecule has 2 amide bonds. The molecule has 1 radical (unpaired) electrons. The molecule has 40 heavy (non-hydrogen) atoms. The first-order valence-corrected chi connectivity index (χ1v) is 13.1. The highest BCUT2D eigenvalue weighted by Gasteiger charge is 2.26. The number of aryl methyl sites for hydroxylation is 1. The fourth-order valence-corrected chi connectivity index (χ4v) is 4.01. The summed E-state index contributed by atoms with van der Waals surface area (Å²) >= 11 is 0. The molecule has 1 aromatic heterocycles. The van der Waals surface area contributed by atoms with Crippen LogP contribution in [0.3, 0.4) is 0 Å². The number of amides is 2. The number of nitrogens with two attached hydrogens (primary N) is 1. The van der Waals surface area contributed by atoms with E-state index in [1.54, 1.807) is 13.0 Å². The monoisotopic (exact) mass is 538 g/mol. The van der Waals surface area contributed by atoms with Gasteiger partial charge in [0.25, 0.3) is 0 Å². The number of nitrogens with zero attached hydrogens (tertiary/aromatic N) is 1. The molecule has 8 nitrogen and oxygen atoms in total. The zero-order chi connectivity index (χ0) is 28.3. The first-order chi connectivity index (χ1) is 19.4. The van der Waals surface area contributed by atoms with Crippen molar-refractivity contribution < 1.29 is 23.5 Å². The Hall–Kier alpha value is -4.72. The van der Waals surface area contributed by atoms with Gasteiger partial charge in [0.05, 0.1) is 18.7 Å². The minimum Gasteiger partial charge on any atom is -0.489 e. The molecule has 4 rings (SSSR count). The van der Waals surface area contributed by atoms with E-state index < -0.39 is 29.6 Å². The molecule has 1 heterocycles. The number of hydrogen-bond donors (Lipinski definition) is 2. The van der Waals surface area contributed by atoms with E-state index >= 15 is 0 Å². The number of Topliss-reactive ketones (excluding diaryl/α,β-unsaturated/α-hetero) is 1. The molecule has 0 saturated carbocycles. The number of rotatable bonds is 14. The lowest BCUT2D eigenvalue weighted by atomic mass is 10.00. The number of carbonyl (C=O) groups is 3. The van der Waals surface area contributed by atoms with Gasteiger partial charge in [0.15, 0.2) is 5.76 Å².